The zero-order valence-corrected chi connectivity index (χ0v) is 15.4. The Hall–Kier alpha value is -3.56. The van der Waals surface area contributed by atoms with Crippen LogP contribution in [0.25, 0.3) is 0 Å². The van der Waals surface area contributed by atoms with E-state index < -0.39 is 27.2 Å². The van der Waals surface area contributed by atoms with Crippen LogP contribution >= 0.6 is 0 Å². The van der Waals surface area contributed by atoms with Crippen molar-refractivity contribution in [3.05, 3.63) is 66.5 Å². The van der Waals surface area contributed by atoms with E-state index in [1.807, 2.05) is 13.8 Å². The average Bonchev–Trinajstić information content (AvgIpc) is 3.00. The van der Waals surface area contributed by atoms with Crippen molar-refractivity contribution >= 4 is 23.1 Å². The first-order valence-electron chi connectivity index (χ1n) is 8.74. The number of nitro benzene ring substituents is 2. The van der Waals surface area contributed by atoms with Gasteiger partial charge in [-0.1, -0.05) is 12.1 Å². The third kappa shape index (κ3) is 3.61. The van der Waals surface area contributed by atoms with Crippen LogP contribution in [0, 0.1) is 27.2 Å². The van der Waals surface area contributed by atoms with Gasteiger partial charge in [0, 0.05) is 29.1 Å². The monoisotopic (exact) mass is 386 g/mol. The number of oxime groups is 1. The molecule has 146 valence electrons. The Morgan fingerprint density at radius 3 is 2.39 bits per heavy atom. The third-order valence-corrected chi connectivity index (χ3v) is 4.68. The summed E-state index contributed by atoms with van der Waals surface area (Å²) in [6.07, 6.45) is 3.14. The Labute approximate surface area is 159 Å². The molecule has 1 aliphatic rings. The van der Waals surface area contributed by atoms with E-state index in [9.17, 15) is 25.0 Å². The number of benzene rings is 1. The molecule has 10 heteroatoms. The molecule has 0 saturated carbocycles. The number of hydrogen-bond donors (Lipinski definition) is 1. The summed E-state index contributed by atoms with van der Waals surface area (Å²) in [5, 5.41) is 25.9. The molecule has 28 heavy (non-hydrogen) atoms. The van der Waals surface area contributed by atoms with Gasteiger partial charge in [-0.2, -0.15) is 0 Å². The molecule has 2 aromatic rings. The SMILES string of the molecule is CCc1c(C)[nH]c2c1C(=NOC(=O)c1cc([N+](=O)[O-])cc([N+](=O)[O-])c1)CCC2. The van der Waals surface area contributed by atoms with E-state index in [1.165, 1.54) is 0 Å². The number of aromatic nitrogens is 1. The van der Waals surface area contributed by atoms with Crippen LogP contribution in [0.15, 0.2) is 23.4 Å². The molecule has 0 amide bonds. The Morgan fingerprint density at radius 1 is 1.18 bits per heavy atom. The van der Waals surface area contributed by atoms with E-state index in [4.69, 9.17) is 4.84 Å². The molecule has 0 saturated heterocycles. The minimum absolute atomic E-state index is 0.303. The van der Waals surface area contributed by atoms with Crippen LogP contribution in [-0.2, 0) is 17.7 Å². The summed E-state index contributed by atoms with van der Waals surface area (Å²) in [7, 11) is 0. The second-order valence-corrected chi connectivity index (χ2v) is 6.46. The van der Waals surface area contributed by atoms with Crippen LogP contribution in [0.1, 0.15) is 52.6 Å². The standard InChI is InChI=1S/C18H18N4O6/c1-3-14-10(2)19-15-5-4-6-16(17(14)15)20-28-18(23)11-7-12(21(24)25)9-13(8-11)22(26)27/h7-9,19H,3-6H2,1-2H3. The second-order valence-electron chi connectivity index (χ2n) is 6.46. The number of hydrogen-bond acceptors (Lipinski definition) is 7. The smallest absolute Gasteiger partial charge is 0.362 e. The number of rotatable bonds is 5. The van der Waals surface area contributed by atoms with Crippen molar-refractivity contribution < 1.29 is 19.5 Å². The van der Waals surface area contributed by atoms with E-state index in [0.717, 1.165) is 60.0 Å². The van der Waals surface area contributed by atoms with Gasteiger partial charge in [-0.15, -0.1) is 0 Å². The highest BCUT2D eigenvalue weighted by Crippen LogP contribution is 2.28. The van der Waals surface area contributed by atoms with Gasteiger partial charge in [0.05, 0.1) is 27.2 Å². The number of H-pyrrole nitrogens is 1. The molecule has 0 radical (unpaired) electrons. The first kappa shape index (κ1) is 19.2. The van der Waals surface area contributed by atoms with Crippen LogP contribution in [-0.4, -0.2) is 26.5 Å². The molecule has 0 bridgehead atoms. The number of aryl methyl sites for hydroxylation is 2. The largest absolute Gasteiger partial charge is 0.366 e. The fourth-order valence-corrected chi connectivity index (χ4v) is 3.43. The summed E-state index contributed by atoms with van der Waals surface area (Å²) in [5.74, 6) is -0.989. The number of non-ortho nitro benzene ring substituents is 2. The molecule has 1 aromatic carbocycles. The topological polar surface area (TPSA) is 141 Å². The van der Waals surface area contributed by atoms with Gasteiger partial charge in [0.1, 0.15) is 0 Å². The van der Waals surface area contributed by atoms with Gasteiger partial charge in [0.25, 0.3) is 11.4 Å². The minimum atomic E-state index is -0.989. The van der Waals surface area contributed by atoms with E-state index in [-0.39, 0.29) is 5.56 Å². The van der Waals surface area contributed by atoms with Crippen molar-refractivity contribution in [1.29, 1.82) is 0 Å². The molecule has 0 spiro atoms. The van der Waals surface area contributed by atoms with Crippen molar-refractivity contribution in [3.8, 4) is 0 Å². The summed E-state index contributed by atoms with van der Waals surface area (Å²) < 4.78 is 0. The molecule has 0 atom stereocenters. The number of fused-ring (bicyclic) bond motifs is 1. The van der Waals surface area contributed by atoms with Gasteiger partial charge in [0.15, 0.2) is 0 Å². The predicted octanol–water partition coefficient (Wildman–Crippen LogP) is 3.60. The zero-order chi connectivity index (χ0) is 20.4. The number of nitrogens with one attached hydrogen (secondary N) is 1. The second kappa shape index (κ2) is 7.59. The molecule has 1 N–H and O–H groups in total. The quantitative estimate of drug-likeness (QED) is 0.473. The van der Waals surface area contributed by atoms with Crippen molar-refractivity contribution in [2.24, 2.45) is 5.16 Å². The van der Waals surface area contributed by atoms with Crippen molar-refractivity contribution in [1.82, 2.24) is 4.98 Å². The molecule has 1 heterocycles. The maximum absolute atomic E-state index is 12.3. The highest BCUT2D eigenvalue weighted by Gasteiger charge is 2.24. The van der Waals surface area contributed by atoms with Gasteiger partial charge in [0.2, 0.25) is 0 Å². The van der Waals surface area contributed by atoms with Gasteiger partial charge in [-0.25, -0.2) is 4.79 Å². The maximum Gasteiger partial charge on any atom is 0.366 e. The van der Waals surface area contributed by atoms with E-state index in [0.29, 0.717) is 12.1 Å². The summed E-state index contributed by atoms with van der Waals surface area (Å²) in [6.45, 7) is 4.00. The Balaban J connectivity index is 1.91. The molecule has 0 aliphatic heterocycles. The van der Waals surface area contributed by atoms with Gasteiger partial charge >= 0.3 is 5.97 Å². The third-order valence-electron chi connectivity index (χ3n) is 4.68. The summed E-state index contributed by atoms with van der Waals surface area (Å²) >= 11 is 0. The summed E-state index contributed by atoms with van der Waals surface area (Å²) in [5.41, 5.74) is 3.33. The van der Waals surface area contributed by atoms with Crippen molar-refractivity contribution in [2.75, 3.05) is 0 Å². The summed E-state index contributed by atoms with van der Waals surface area (Å²) in [6, 6.07) is 2.64. The molecule has 3 rings (SSSR count). The van der Waals surface area contributed by atoms with E-state index >= 15 is 0 Å². The molecule has 0 fully saturated rings. The molecular weight excluding hydrogens is 368 g/mol. The highest BCUT2D eigenvalue weighted by molar-refractivity contribution is 6.04. The summed E-state index contributed by atoms with van der Waals surface area (Å²) in [4.78, 5) is 41.0. The molecular formula is C18H18N4O6. The minimum Gasteiger partial charge on any atom is -0.362 e. The van der Waals surface area contributed by atoms with E-state index in [2.05, 4.69) is 10.1 Å². The number of carbonyl (C=O) groups is 1. The van der Waals surface area contributed by atoms with Gasteiger partial charge < -0.3 is 9.82 Å². The van der Waals surface area contributed by atoms with Crippen molar-refractivity contribution in [3.63, 3.8) is 0 Å². The van der Waals surface area contributed by atoms with E-state index in [1.54, 1.807) is 0 Å². The van der Waals surface area contributed by atoms with Gasteiger partial charge in [-0.3, -0.25) is 20.2 Å². The Morgan fingerprint density at radius 2 is 1.82 bits per heavy atom. The Kier molecular flexibility index (Phi) is 5.21. The van der Waals surface area contributed by atoms with Crippen LogP contribution in [0.3, 0.4) is 0 Å². The highest BCUT2D eigenvalue weighted by atomic mass is 16.7. The average molecular weight is 386 g/mol. The number of carbonyl (C=O) groups excluding carboxylic acids is 1. The lowest BCUT2D eigenvalue weighted by Gasteiger charge is -2.14. The van der Waals surface area contributed by atoms with Crippen LogP contribution in [0.4, 0.5) is 11.4 Å². The number of nitro groups is 2. The van der Waals surface area contributed by atoms with Crippen LogP contribution in [0.2, 0.25) is 0 Å². The number of nitrogens with zero attached hydrogens (tertiary/aromatic N) is 3. The number of aromatic amines is 1. The van der Waals surface area contributed by atoms with Gasteiger partial charge in [-0.05, 0) is 38.2 Å². The molecule has 1 aliphatic carbocycles. The first-order valence-corrected chi connectivity index (χ1v) is 8.74. The lowest BCUT2D eigenvalue weighted by Crippen LogP contribution is -2.14. The van der Waals surface area contributed by atoms with Crippen LogP contribution < -0.4 is 0 Å². The lowest BCUT2D eigenvalue weighted by atomic mass is 9.92. The normalized spacial score (nSPS) is 14.6. The lowest BCUT2D eigenvalue weighted by molar-refractivity contribution is -0.394. The molecule has 0 unspecified atom stereocenters. The fraction of sp³-hybridized carbons (Fsp3) is 0.333. The Bertz CT molecular complexity index is 975. The molecule has 10 nitrogen and oxygen atoms in total. The van der Waals surface area contributed by atoms with Crippen molar-refractivity contribution in [2.45, 2.75) is 39.5 Å². The van der Waals surface area contributed by atoms with Crippen LogP contribution in [0.5, 0.6) is 0 Å². The first-order chi connectivity index (χ1) is 13.3. The predicted molar refractivity (Wildman–Crippen MR) is 99.5 cm³/mol. The maximum atomic E-state index is 12.3. The zero-order valence-electron chi connectivity index (χ0n) is 15.4. The fourth-order valence-electron chi connectivity index (χ4n) is 3.43. The molecule has 1 aromatic heterocycles.